The highest BCUT2D eigenvalue weighted by atomic mass is 16.5. The monoisotopic (exact) mass is 269 g/mol. The predicted octanol–water partition coefficient (Wildman–Crippen LogP) is -1.96. The lowest BCUT2D eigenvalue weighted by Crippen LogP contribution is -2.55. The van der Waals surface area contributed by atoms with Gasteiger partial charge >= 0.3 is 11.7 Å². The number of aromatic nitrogens is 2. The molecule has 1 aliphatic heterocycles. The van der Waals surface area contributed by atoms with Gasteiger partial charge in [-0.25, -0.2) is 9.59 Å². The van der Waals surface area contributed by atoms with Crippen LogP contribution in [0.1, 0.15) is 16.9 Å². The van der Waals surface area contributed by atoms with E-state index in [1.54, 1.807) is 0 Å². The van der Waals surface area contributed by atoms with Gasteiger partial charge in [0.2, 0.25) is 0 Å². The Labute approximate surface area is 105 Å². The topological polar surface area (TPSA) is 141 Å². The normalized spacial score (nSPS) is 22.1. The molecule has 19 heavy (non-hydrogen) atoms. The summed E-state index contributed by atoms with van der Waals surface area (Å²) in [4.78, 5) is 49.2. The number of carbonyl (C=O) groups excluding carboxylic acids is 1. The molecule has 0 bridgehead atoms. The van der Waals surface area contributed by atoms with Crippen LogP contribution < -0.4 is 16.6 Å². The number of hydrogen-bond acceptors (Lipinski definition) is 5. The van der Waals surface area contributed by atoms with E-state index in [1.807, 2.05) is 4.98 Å². The average molecular weight is 269 g/mol. The van der Waals surface area contributed by atoms with Crippen LogP contribution in [-0.2, 0) is 9.53 Å². The van der Waals surface area contributed by atoms with Crippen molar-refractivity contribution in [2.75, 3.05) is 13.2 Å². The SMILES string of the molecule is O=C(NC1(C(=O)O)CCOC1)c1cc(=O)[nH]c(=O)[nH]1. The van der Waals surface area contributed by atoms with Crippen molar-refractivity contribution in [2.24, 2.45) is 0 Å². The molecular formula is C10H11N3O6. The Balaban J connectivity index is 2.27. The molecule has 2 rings (SSSR count). The molecule has 0 spiro atoms. The molecule has 1 unspecified atom stereocenters. The van der Waals surface area contributed by atoms with Crippen LogP contribution in [0.25, 0.3) is 0 Å². The standard InChI is InChI=1S/C10H11N3O6/c14-6-3-5(11-9(18)12-6)7(15)13-10(8(16)17)1-2-19-4-10/h3H,1-2,4H2,(H,13,15)(H,16,17)(H2,11,12,14,18). The van der Waals surface area contributed by atoms with Crippen LogP contribution in [0.3, 0.4) is 0 Å². The highest BCUT2D eigenvalue weighted by molar-refractivity contribution is 5.96. The van der Waals surface area contributed by atoms with Gasteiger partial charge in [-0.15, -0.1) is 0 Å². The molecule has 0 saturated carbocycles. The third-order valence-electron chi connectivity index (χ3n) is 2.79. The lowest BCUT2D eigenvalue weighted by Gasteiger charge is -2.23. The smallest absolute Gasteiger partial charge is 0.331 e. The summed E-state index contributed by atoms with van der Waals surface area (Å²) >= 11 is 0. The molecule has 0 aliphatic carbocycles. The zero-order valence-corrected chi connectivity index (χ0v) is 9.69. The fraction of sp³-hybridized carbons (Fsp3) is 0.400. The number of carboxylic acid groups (broad SMARTS) is 1. The molecule has 0 aromatic carbocycles. The summed E-state index contributed by atoms with van der Waals surface area (Å²) in [6, 6.07) is 0.877. The Morgan fingerprint density at radius 2 is 2.11 bits per heavy atom. The number of H-pyrrole nitrogens is 2. The fourth-order valence-corrected chi connectivity index (χ4v) is 1.76. The molecule has 1 aromatic rings. The van der Waals surface area contributed by atoms with Crippen molar-refractivity contribution < 1.29 is 19.4 Å². The van der Waals surface area contributed by atoms with Crippen molar-refractivity contribution in [3.63, 3.8) is 0 Å². The molecule has 1 aromatic heterocycles. The average Bonchev–Trinajstić information content (AvgIpc) is 2.77. The summed E-state index contributed by atoms with van der Waals surface area (Å²) in [5.74, 6) is -2.08. The highest BCUT2D eigenvalue weighted by Gasteiger charge is 2.44. The quantitative estimate of drug-likeness (QED) is 0.502. The maximum Gasteiger partial charge on any atom is 0.331 e. The van der Waals surface area contributed by atoms with Crippen molar-refractivity contribution in [2.45, 2.75) is 12.0 Å². The number of ether oxygens (including phenoxy) is 1. The number of nitrogens with one attached hydrogen (secondary N) is 3. The minimum atomic E-state index is -1.53. The van der Waals surface area contributed by atoms with Crippen LogP contribution in [0, 0.1) is 0 Å². The van der Waals surface area contributed by atoms with Gasteiger partial charge < -0.3 is 20.1 Å². The molecule has 9 nitrogen and oxygen atoms in total. The number of rotatable bonds is 3. The molecule has 1 saturated heterocycles. The first-order chi connectivity index (χ1) is 8.93. The van der Waals surface area contributed by atoms with Gasteiger partial charge in [0.15, 0.2) is 5.54 Å². The largest absolute Gasteiger partial charge is 0.479 e. The molecule has 0 radical (unpaired) electrons. The van der Waals surface area contributed by atoms with E-state index in [0.29, 0.717) is 0 Å². The van der Waals surface area contributed by atoms with E-state index in [4.69, 9.17) is 9.84 Å². The molecular weight excluding hydrogens is 258 g/mol. The van der Waals surface area contributed by atoms with Crippen molar-refractivity contribution in [1.82, 2.24) is 15.3 Å². The number of carbonyl (C=O) groups is 2. The van der Waals surface area contributed by atoms with Crippen molar-refractivity contribution >= 4 is 11.9 Å². The summed E-state index contributed by atoms with van der Waals surface area (Å²) in [6.45, 7) is 0.0416. The van der Waals surface area contributed by atoms with Gasteiger partial charge in [0.1, 0.15) is 5.69 Å². The van der Waals surface area contributed by atoms with Gasteiger partial charge in [-0.05, 0) is 0 Å². The first-order valence-corrected chi connectivity index (χ1v) is 5.40. The Bertz CT molecular complexity index is 596. The molecule has 9 heteroatoms. The van der Waals surface area contributed by atoms with Crippen LogP contribution in [0.2, 0.25) is 0 Å². The van der Waals surface area contributed by atoms with Crippen LogP contribution in [0.5, 0.6) is 0 Å². The molecule has 4 N–H and O–H groups in total. The van der Waals surface area contributed by atoms with Gasteiger partial charge in [-0.3, -0.25) is 14.6 Å². The number of aliphatic carboxylic acids is 1. The number of aromatic amines is 2. The summed E-state index contributed by atoms with van der Waals surface area (Å²) in [6.07, 6.45) is 0.113. The zero-order valence-electron chi connectivity index (χ0n) is 9.69. The van der Waals surface area contributed by atoms with Gasteiger partial charge in [0, 0.05) is 19.1 Å². The van der Waals surface area contributed by atoms with E-state index < -0.39 is 28.7 Å². The van der Waals surface area contributed by atoms with E-state index in [2.05, 4.69) is 10.3 Å². The van der Waals surface area contributed by atoms with Crippen LogP contribution in [-0.4, -0.2) is 45.7 Å². The summed E-state index contributed by atoms with van der Waals surface area (Å²) in [7, 11) is 0. The Morgan fingerprint density at radius 3 is 2.63 bits per heavy atom. The van der Waals surface area contributed by atoms with Gasteiger partial charge in [0.25, 0.3) is 11.5 Å². The Kier molecular flexibility index (Phi) is 3.21. The van der Waals surface area contributed by atoms with E-state index in [9.17, 15) is 19.2 Å². The third kappa shape index (κ3) is 2.55. The van der Waals surface area contributed by atoms with Gasteiger partial charge in [-0.1, -0.05) is 0 Å². The number of hydrogen-bond donors (Lipinski definition) is 4. The van der Waals surface area contributed by atoms with Crippen molar-refractivity contribution in [3.05, 3.63) is 32.6 Å². The van der Waals surface area contributed by atoms with Crippen molar-refractivity contribution in [1.29, 1.82) is 0 Å². The van der Waals surface area contributed by atoms with E-state index in [1.165, 1.54) is 0 Å². The second-order valence-corrected chi connectivity index (χ2v) is 4.15. The maximum atomic E-state index is 11.9. The molecule has 1 amide bonds. The zero-order chi connectivity index (χ0) is 14.0. The molecule has 1 fully saturated rings. The lowest BCUT2D eigenvalue weighted by molar-refractivity contribution is -0.144. The van der Waals surface area contributed by atoms with Gasteiger partial charge in [0.05, 0.1) is 6.61 Å². The summed E-state index contributed by atoms with van der Waals surface area (Å²) in [5.41, 5.74) is -3.43. The minimum absolute atomic E-state index is 0.113. The first kappa shape index (κ1) is 13.0. The summed E-state index contributed by atoms with van der Waals surface area (Å²) < 4.78 is 4.97. The first-order valence-electron chi connectivity index (χ1n) is 5.40. The summed E-state index contributed by atoms with van der Waals surface area (Å²) in [5, 5.41) is 11.4. The maximum absolute atomic E-state index is 11.9. The molecule has 1 aliphatic rings. The van der Waals surface area contributed by atoms with Crippen LogP contribution in [0.15, 0.2) is 15.7 Å². The Morgan fingerprint density at radius 1 is 1.37 bits per heavy atom. The predicted molar refractivity (Wildman–Crippen MR) is 61.0 cm³/mol. The fourth-order valence-electron chi connectivity index (χ4n) is 1.76. The third-order valence-corrected chi connectivity index (χ3v) is 2.79. The molecule has 102 valence electrons. The molecule has 2 heterocycles. The number of amides is 1. The van der Waals surface area contributed by atoms with Crippen molar-refractivity contribution in [3.8, 4) is 0 Å². The van der Waals surface area contributed by atoms with E-state index >= 15 is 0 Å². The highest BCUT2D eigenvalue weighted by Crippen LogP contribution is 2.19. The van der Waals surface area contributed by atoms with Crippen LogP contribution in [0.4, 0.5) is 0 Å². The van der Waals surface area contributed by atoms with Crippen LogP contribution >= 0.6 is 0 Å². The van der Waals surface area contributed by atoms with Gasteiger partial charge in [-0.2, -0.15) is 0 Å². The number of carboxylic acids is 1. The Hall–Kier alpha value is -2.42. The van der Waals surface area contributed by atoms with E-state index in [0.717, 1.165) is 6.07 Å². The molecule has 1 atom stereocenters. The second-order valence-electron chi connectivity index (χ2n) is 4.15. The minimum Gasteiger partial charge on any atom is -0.479 e. The van der Waals surface area contributed by atoms with E-state index in [-0.39, 0.29) is 25.3 Å². The lowest BCUT2D eigenvalue weighted by atomic mass is 9.99. The second kappa shape index (κ2) is 4.69.